The molecule has 0 N–H and O–H groups in total. The second-order valence-corrected chi connectivity index (χ2v) is 11.0. The molecule has 0 spiro atoms. The zero-order valence-electron chi connectivity index (χ0n) is 16.5. The van der Waals surface area contributed by atoms with Crippen molar-refractivity contribution < 1.29 is 0 Å². The van der Waals surface area contributed by atoms with Crippen LogP contribution in [0.4, 0.5) is 0 Å². The highest BCUT2D eigenvalue weighted by atomic mass is 79.9. The second kappa shape index (κ2) is 7.76. The molecule has 0 saturated carbocycles. The molecule has 2 aromatic heterocycles. The molecule has 31 heavy (non-hydrogen) atoms. The van der Waals surface area contributed by atoms with E-state index in [2.05, 4.69) is 119 Å². The lowest BCUT2D eigenvalue weighted by Crippen LogP contribution is -1.87. The Kier molecular flexibility index (Phi) is 4.76. The van der Waals surface area contributed by atoms with Crippen molar-refractivity contribution in [3.63, 3.8) is 0 Å². The quantitative estimate of drug-likeness (QED) is 0.228. The molecule has 0 unspecified atom stereocenters. The van der Waals surface area contributed by atoms with Crippen LogP contribution in [0.25, 0.3) is 52.9 Å². The van der Waals surface area contributed by atoms with Gasteiger partial charge in [0, 0.05) is 36.2 Å². The van der Waals surface area contributed by atoms with Gasteiger partial charge in [-0.05, 0) is 44.8 Å². The molecule has 0 saturated heterocycles. The minimum atomic E-state index is 1.17. The highest BCUT2D eigenvalue weighted by Gasteiger charge is 2.21. The van der Waals surface area contributed by atoms with Crippen LogP contribution in [0.15, 0.2) is 107 Å². The Morgan fingerprint density at radius 1 is 0.484 bits per heavy atom. The summed E-state index contributed by atoms with van der Waals surface area (Å²) in [6.07, 6.45) is 0. The predicted molar refractivity (Wildman–Crippen MR) is 141 cm³/mol. The van der Waals surface area contributed by atoms with E-state index >= 15 is 0 Å². The van der Waals surface area contributed by atoms with Gasteiger partial charge in [0.2, 0.25) is 0 Å². The first-order valence-electron chi connectivity index (χ1n) is 10.1. The fourth-order valence-electron chi connectivity index (χ4n) is 4.26. The van der Waals surface area contributed by atoms with E-state index in [1.165, 1.54) is 56.7 Å². The fraction of sp³-hybridized carbons (Fsp3) is 0. The lowest BCUT2D eigenvalue weighted by atomic mass is 9.91. The number of hydrogen-bond acceptors (Lipinski definition) is 2. The van der Waals surface area contributed by atoms with Crippen LogP contribution in [-0.2, 0) is 0 Å². The highest BCUT2D eigenvalue weighted by molar-refractivity contribution is 9.11. The van der Waals surface area contributed by atoms with Gasteiger partial charge in [-0.25, -0.2) is 0 Å². The van der Waals surface area contributed by atoms with Crippen molar-refractivity contribution in [3.8, 4) is 32.7 Å². The van der Waals surface area contributed by atoms with Gasteiger partial charge in [-0.2, -0.15) is 0 Å². The van der Waals surface area contributed by atoms with Crippen LogP contribution in [0.5, 0.6) is 0 Å². The number of fused-ring (bicyclic) bond motifs is 3. The van der Waals surface area contributed by atoms with E-state index in [-0.39, 0.29) is 0 Å². The summed E-state index contributed by atoms with van der Waals surface area (Å²) in [6.45, 7) is 0. The third-order valence-corrected chi connectivity index (χ3v) is 8.47. The zero-order chi connectivity index (χ0) is 20.8. The molecule has 0 aliphatic rings. The summed E-state index contributed by atoms with van der Waals surface area (Å²) in [7, 11) is 0. The Balaban J connectivity index is 1.81. The summed E-state index contributed by atoms with van der Waals surface area (Å²) in [5, 5.41) is 2.66. The molecule has 0 fully saturated rings. The maximum absolute atomic E-state index is 3.77. The topological polar surface area (TPSA) is 0 Å². The van der Waals surface area contributed by atoms with Crippen LogP contribution in [0.1, 0.15) is 0 Å². The maximum atomic E-state index is 3.77. The van der Waals surface area contributed by atoms with Crippen LogP contribution in [0.2, 0.25) is 0 Å². The Hall–Kier alpha value is -2.72. The third kappa shape index (κ3) is 3.25. The van der Waals surface area contributed by atoms with Gasteiger partial charge in [0.1, 0.15) is 0 Å². The van der Waals surface area contributed by atoms with Crippen LogP contribution in [-0.4, -0.2) is 0 Å². The van der Waals surface area contributed by atoms with Crippen molar-refractivity contribution in [2.75, 3.05) is 0 Å². The molecule has 0 nitrogen and oxygen atoms in total. The van der Waals surface area contributed by atoms with Gasteiger partial charge in [-0.15, -0.1) is 22.7 Å². The lowest BCUT2D eigenvalue weighted by molar-refractivity contribution is 1.65. The van der Waals surface area contributed by atoms with Gasteiger partial charge in [0.25, 0.3) is 0 Å². The molecule has 2 heterocycles. The average molecular weight is 497 g/mol. The van der Waals surface area contributed by atoms with Gasteiger partial charge in [-0.1, -0.05) is 91.0 Å². The van der Waals surface area contributed by atoms with Crippen molar-refractivity contribution >= 4 is 58.8 Å². The number of benzene rings is 4. The minimum Gasteiger partial charge on any atom is -0.135 e. The van der Waals surface area contributed by atoms with Crippen molar-refractivity contribution in [2.45, 2.75) is 0 Å². The highest BCUT2D eigenvalue weighted by Crippen LogP contribution is 2.51. The summed E-state index contributed by atoms with van der Waals surface area (Å²) in [5.74, 6) is 0. The molecule has 0 aliphatic heterocycles. The SMILES string of the molecule is Brc1cc2c(s1)c(-c1ccccc1)c(-c1ccccc1)c1sc(-c3ccccc3)cc12. The first-order valence-corrected chi connectivity index (χ1v) is 12.6. The monoisotopic (exact) mass is 496 g/mol. The van der Waals surface area contributed by atoms with Crippen LogP contribution < -0.4 is 0 Å². The van der Waals surface area contributed by atoms with E-state index in [1.807, 2.05) is 22.7 Å². The van der Waals surface area contributed by atoms with E-state index in [1.54, 1.807) is 0 Å². The van der Waals surface area contributed by atoms with Crippen LogP contribution in [0.3, 0.4) is 0 Å². The fourth-order valence-corrected chi connectivity index (χ4v) is 7.19. The number of thiophene rings is 2. The molecule has 148 valence electrons. The van der Waals surface area contributed by atoms with Gasteiger partial charge >= 0.3 is 0 Å². The molecule has 0 aliphatic carbocycles. The summed E-state index contributed by atoms with van der Waals surface area (Å²) in [5.41, 5.74) is 6.45. The molecule has 0 bridgehead atoms. The van der Waals surface area contributed by atoms with E-state index in [0.29, 0.717) is 0 Å². The molecule has 0 amide bonds. The molecule has 6 aromatic rings. The maximum Gasteiger partial charge on any atom is 0.0711 e. The number of halogens is 1. The van der Waals surface area contributed by atoms with Gasteiger partial charge in [-0.3, -0.25) is 0 Å². The standard InChI is InChI=1S/C28H17BrS2/c29-24-17-22-21-16-23(18-10-4-1-5-11-18)30-27(21)25(19-12-6-2-7-13-19)26(28(22)31-24)20-14-8-3-9-15-20/h1-17H. The second-order valence-electron chi connectivity index (χ2n) is 7.49. The van der Waals surface area contributed by atoms with Gasteiger partial charge < -0.3 is 0 Å². The molecule has 4 aromatic carbocycles. The van der Waals surface area contributed by atoms with Gasteiger partial charge in [0.05, 0.1) is 3.79 Å². The van der Waals surface area contributed by atoms with Crippen molar-refractivity contribution in [2.24, 2.45) is 0 Å². The zero-order valence-corrected chi connectivity index (χ0v) is 19.7. The van der Waals surface area contributed by atoms with E-state index in [4.69, 9.17) is 0 Å². The van der Waals surface area contributed by atoms with Crippen molar-refractivity contribution in [1.82, 2.24) is 0 Å². The summed E-state index contributed by atoms with van der Waals surface area (Å²) in [6, 6.07) is 37.0. The molecular formula is C28H17BrS2. The largest absolute Gasteiger partial charge is 0.135 e. The van der Waals surface area contributed by atoms with Crippen LogP contribution in [0, 0.1) is 0 Å². The minimum absolute atomic E-state index is 1.17. The van der Waals surface area contributed by atoms with E-state index in [0.717, 1.165) is 0 Å². The Labute approximate surface area is 197 Å². The Morgan fingerprint density at radius 2 is 0.935 bits per heavy atom. The van der Waals surface area contributed by atoms with Gasteiger partial charge in [0.15, 0.2) is 0 Å². The Bertz CT molecular complexity index is 1510. The first kappa shape index (κ1) is 19.0. The first-order chi connectivity index (χ1) is 15.3. The van der Waals surface area contributed by atoms with E-state index < -0.39 is 0 Å². The van der Waals surface area contributed by atoms with Crippen molar-refractivity contribution in [3.05, 3.63) is 107 Å². The van der Waals surface area contributed by atoms with Crippen molar-refractivity contribution in [1.29, 1.82) is 0 Å². The molecule has 0 radical (unpaired) electrons. The average Bonchev–Trinajstić information content (AvgIpc) is 3.43. The molecular weight excluding hydrogens is 480 g/mol. The molecule has 3 heteroatoms. The third-order valence-electron chi connectivity index (χ3n) is 5.61. The number of hydrogen-bond donors (Lipinski definition) is 0. The molecule has 0 atom stereocenters. The smallest absolute Gasteiger partial charge is 0.0711 e. The molecule has 6 rings (SSSR count). The summed E-state index contributed by atoms with van der Waals surface area (Å²) >= 11 is 7.49. The number of rotatable bonds is 3. The summed E-state index contributed by atoms with van der Waals surface area (Å²) in [4.78, 5) is 1.31. The summed E-state index contributed by atoms with van der Waals surface area (Å²) < 4.78 is 3.85. The van der Waals surface area contributed by atoms with Crippen LogP contribution >= 0.6 is 38.6 Å². The van der Waals surface area contributed by atoms with E-state index in [9.17, 15) is 0 Å². The Morgan fingerprint density at radius 3 is 1.48 bits per heavy atom. The normalized spacial score (nSPS) is 11.4. The predicted octanol–water partition coefficient (Wildman–Crippen LogP) is 9.88. The lowest BCUT2D eigenvalue weighted by Gasteiger charge is -2.14.